The molecule has 0 aliphatic carbocycles. The smallest absolute Gasteiger partial charge is 0.128 e. The van der Waals surface area contributed by atoms with Gasteiger partial charge >= 0.3 is 0 Å². The molecule has 0 saturated heterocycles. The summed E-state index contributed by atoms with van der Waals surface area (Å²) >= 11 is 1.70. The van der Waals surface area contributed by atoms with E-state index in [0.717, 1.165) is 28.2 Å². The van der Waals surface area contributed by atoms with Crippen LogP contribution < -0.4 is 10.1 Å². The molecule has 1 N–H and O–H groups in total. The Kier molecular flexibility index (Phi) is 9.47. The van der Waals surface area contributed by atoms with Crippen molar-refractivity contribution in [2.45, 2.75) is 27.7 Å². The highest BCUT2D eigenvalue weighted by molar-refractivity contribution is 8.02. The Balaban J connectivity index is 0.00000163. The van der Waals surface area contributed by atoms with E-state index < -0.39 is 0 Å². The third-order valence-electron chi connectivity index (χ3n) is 3.65. The van der Waals surface area contributed by atoms with Crippen molar-refractivity contribution in [2.24, 2.45) is 0 Å². The van der Waals surface area contributed by atoms with E-state index in [-0.39, 0.29) is 0 Å². The van der Waals surface area contributed by atoms with E-state index in [1.807, 2.05) is 38.3 Å². The molecule has 0 fully saturated rings. The molecule has 1 aliphatic heterocycles. The van der Waals surface area contributed by atoms with Crippen LogP contribution in [0.4, 0.5) is 0 Å². The quantitative estimate of drug-likeness (QED) is 0.543. The van der Waals surface area contributed by atoms with Gasteiger partial charge < -0.3 is 10.1 Å². The number of hydrogen-bond acceptors (Lipinski definition) is 3. The maximum atomic E-state index is 5.46. The molecule has 0 aromatic heterocycles. The topological polar surface area (TPSA) is 21.3 Å². The number of benzene rings is 1. The first-order valence-corrected chi connectivity index (χ1v) is 9.99. The summed E-state index contributed by atoms with van der Waals surface area (Å²) in [4.78, 5) is 1.21. The second-order valence-corrected chi connectivity index (χ2v) is 6.62. The fourth-order valence-electron chi connectivity index (χ4n) is 2.30. The summed E-state index contributed by atoms with van der Waals surface area (Å²) in [7, 11) is 1.69. The van der Waals surface area contributed by atoms with Crippen LogP contribution in [0.2, 0.25) is 0 Å². The molecule has 0 unspecified atom stereocenters. The van der Waals surface area contributed by atoms with Crippen molar-refractivity contribution in [3.8, 4) is 17.6 Å². The maximum absolute atomic E-state index is 5.46. The Morgan fingerprint density at radius 2 is 2.04 bits per heavy atom. The lowest BCUT2D eigenvalue weighted by Gasteiger charge is -2.17. The molecule has 1 aromatic carbocycles. The molecule has 138 valence electrons. The van der Waals surface area contributed by atoms with Gasteiger partial charge in [-0.2, -0.15) is 0 Å². The Labute approximate surface area is 163 Å². The second-order valence-electron chi connectivity index (χ2n) is 5.56. The van der Waals surface area contributed by atoms with Crippen LogP contribution in [0.1, 0.15) is 31.9 Å². The molecule has 0 spiro atoms. The monoisotopic (exact) mass is 367 g/mol. The number of thioether (sulfide) groups is 1. The average molecular weight is 368 g/mol. The lowest BCUT2D eigenvalue weighted by molar-refractivity contribution is 0.413. The lowest BCUT2D eigenvalue weighted by atomic mass is 10.0. The van der Waals surface area contributed by atoms with Gasteiger partial charge in [0.05, 0.1) is 7.11 Å². The normalized spacial score (nSPS) is 13.1. The van der Waals surface area contributed by atoms with Gasteiger partial charge in [0.15, 0.2) is 0 Å². The summed E-state index contributed by atoms with van der Waals surface area (Å²) < 4.78 is 5.46. The van der Waals surface area contributed by atoms with Crippen LogP contribution in [0.5, 0.6) is 5.75 Å². The average Bonchev–Trinajstić information content (AvgIpc) is 2.68. The van der Waals surface area contributed by atoms with Gasteiger partial charge in [0.2, 0.25) is 0 Å². The van der Waals surface area contributed by atoms with Crippen molar-refractivity contribution in [2.75, 3.05) is 19.9 Å². The Hall–Kier alpha value is -2.31. The molecule has 2 rings (SSSR count). The Morgan fingerprint density at radius 1 is 1.31 bits per heavy atom. The zero-order valence-corrected chi connectivity index (χ0v) is 17.5. The summed E-state index contributed by atoms with van der Waals surface area (Å²) in [6.07, 6.45) is 8.16. The zero-order valence-electron chi connectivity index (χ0n) is 16.7. The number of aryl methyl sites for hydroxylation is 1. The number of hydrogen-bond donors (Lipinski definition) is 1. The molecular weight excluding hydrogens is 338 g/mol. The van der Waals surface area contributed by atoms with E-state index in [2.05, 4.69) is 55.8 Å². The third kappa shape index (κ3) is 6.54. The number of nitrogens with one attached hydrogen (secondary N) is 1. The van der Waals surface area contributed by atoms with Gasteiger partial charge in [0.25, 0.3) is 0 Å². The molecule has 0 bridgehead atoms. The molecule has 0 amide bonds. The van der Waals surface area contributed by atoms with Gasteiger partial charge in [0, 0.05) is 29.0 Å². The van der Waals surface area contributed by atoms with Gasteiger partial charge in [-0.25, -0.2) is 0 Å². The van der Waals surface area contributed by atoms with Crippen LogP contribution in [-0.2, 0) is 0 Å². The van der Waals surface area contributed by atoms with E-state index in [4.69, 9.17) is 4.74 Å². The van der Waals surface area contributed by atoms with Crippen LogP contribution in [-0.4, -0.2) is 19.9 Å². The van der Waals surface area contributed by atoms with Crippen LogP contribution >= 0.6 is 11.8 Å². The van der Waals surface area contributed by atoms with E-state index in [9.17, 15) is 0 Å². The van der Waals surface area contributed by atoms with Crippen molar-refractivity contribution >= 4 is 17.5 Å². The molecule has 1 aliphatic rings. The largest absolute Gasteiger partial charge is 0.496 e. The summed E-state index contributed by atoms with van der Waals surface area (Å²) in [5.74, 6) is 7.16. The minimum absolute atomic E-state index is 0.703. The lowest BCUT2D eigenvalue weighted by Crippen LogP contribution is -2.18. The number of ether oxygens (including phenoxy) is 1. The van der Waals surface area contributed by atoms with Crippen LogP contribution in [0, 0.1) is 18.8 Å². The van der Waals surface area contributed by atoms with Crippen LogP contribution in [0.15, 0.2) is 59.1 Å². The number of allylic oxidation sites excluding steroid dienone is 5. The van der Waals surface area contributed by atoms with Gasteiger partial charge in [-0.15, -0.1) is 11.8 Å². The number of dihydropyridines is 1. The molecule has 1 aromatic rings. The first-order valence-electron chi connectivity index (χ1n) is 8.76. The SMILES string of the molecule is C=C(C#CC1=CC=C(c2cc(C)ccc2OC)NC1)/C=C(/C)SC.CC. The van der Waals surface area contributed by atoms with Gasteiger partial charge in [-0.05, 0) is 55.4 Å². The van der Waals surface area contributed by atoms with Gasteiger partial charge in [-0.1, -0.05) is 43.9 Å². The minimum Gasteiger partial charge on any atom is -0.496 e. The molecule has 0 atom stereocenters. The first kappa shape index (κ1) is 21.7. The Bertz CT molecular complexity index is 788. The van der Waals surface area contributed by atoms with Gasteiger partial charge in [0.1, 0.15) is 5.75 Å². The molecule has 0 radical (unpaired) electrons. The summed E-state index contributed by atoms with van der Waals surface area (Å²) in [6.45, 7) is 12.8. The fourth-order valence-corrected chi connectivity index (χ4v) is 2.56. The molecule has 1 heterocycles. The van der Waals surface area contributed by atoms with Crippen LogP contribution in [0.3, 0.4) is 0 Å². The molecule has 3 heteroatoms. The fraction of sp³-hybridized carbons (Fsp3) is 0.304. The van der Waals surface area contributed by atoms with Crippen molar-refractivity contribution in [3.05, 3.63) is 70.2 Å². The van der Waals surface area contributed by atoms with Crippen molar-refractivity contribution in [3.63, 3.8) is 0 Å². The van der Waals surface area contributed by atoms with Gasteiger partial charge in [-0.3, -0.25) is 0 Å². The molecule has 26 heavy (non-hydrogen) atoms. The standard InChI is InChI=1S/C21H23NOS.C2H6/c1-15(12-17(3)24-5)6-8-18-9-10-20(22-14-18)19-13-16(2)7-11-21(19)23-4;1-2/h7,9-13,22H,1,14H2,2-5H3;1-2H3/b17-12-;. The molecule has 2 nitrogen and oxygen atoms in total. The van der Waals surface area contributed by atoms with E-state index >= 15 is 0 Å². The van der Waals surface area contributed by atoms with Crippen molar-refractivity contribution < 1.29 is 4.74 Å². The number of rotatable bonds is 4. The molecule has 0 saturated carbocycles. The van der Waals surface area contributed by atoms with E-state index in [0.29, 0.717) is 6.54 Å². The van der Waals surface area contributed by atoms with Crippen molar-refractivity contribution in [1.82, 2.24) is 5.32 Å². The zero-order chi connectivity index (χ0) is 19.5. The highest BCUT2D eigenvalue weighted by Crippen LogP contribution is 2.27. The third-order valence-corrected chi connectivity index (χ3v) is 4.41. The molecular formula is C23H29NOS. The van der Waals surface area contributed by atoms with E-state index in [1.165, 1.54) is 10.5 Å². The van der Waals surface area contributed by atoms with Crippen LogP contribution in [0.25, 0.3) is 5.70 Å². The predicted molar refractivity (Wildman–Crippen MR) is 117 cm³/mol. The summed E-state index contributed by atoms with van der Waals surface area (Å²) in [6, 6.07) is 6.17. The predicted octanol–water partition coefficient (Wildman–Crippen LogP) is 5.73. The Morgan fingerprint density at radius 3 is 2.62 bits per heavy atom. The summed E-state index contributed by atoms with van der Waals surface area (Å²) in [5.41, 5.74) is 5.21. The highest BCUT2D eigenvalue weighted by Gasteiger charge is 2.11. The maximum Gasteiger partial charge on any atom is 0.128 e. The highest BCUT2D eigenvalue weighted by atomic mass is 32.2. The van der Waals surface area contributed by atoms with E-state index in [1.54, 1.807) is 18.9 Å². The summed E-state index contributed by atoms with van der Waals surface area (Å²) in [5, 5.41) is 3.42. The minimum atomic E-state index is 0.703. The number of methoxy groups -OCH3 is 1. The second kappa shape index (κ2) is 11.3. The van der Waals surface area contributed by atoms with Crippen molar-refractivity contribution in [1.29, 1.82) is 0 Å². The first-order chi connectivity index (χ1) is 12.5.